The molecular weight excluding hydrogens is 1680 g/mol. The molecule has 0 radical (unpaired) electrons. The zero-order chi connectivity index (χ0) is 86.1. The maximum Gasteiger partial charge on any atom is 0.452 e. The maximum atomic E-state index is 14.7. The number of hydrogen-bond donors (Lipinski definition) is 0. The topological polar surface area (TPSA) is 321 Å². The Morgan fingerprint density at radius 3 is 1.07 bits per heavy atom. The number of piperazine rings is 4. The zero-order valence-corrected chi connectivity index (χ0v) is 68.7. The van der Waals surface area contributed by atoms with E-state index in [0.29, 0.717) is 127 Å². The Morgan fingerprint density at radius 1 is 0.355 bits per heavy atom. The highest BCUT2D eigenvalue weighted by Gasteiger charge is 2.45. The first kappa shape index (κ1) is 88.4. The van der Waals surface area contributed by atoms with Crippen LogP contribution in [-0.4, -0.2) is 232 Å². The molecule has 121 heavy (non-hydrogen) atoms. The minimum atomic E-state index is -4.74. The van der Waals surface area contributed by atoms with Crippen LogP contribution in [-0.2, 0) is 64.7 Å². The SMILES string of the molecule is O=C(C1CCS(=O)(=O)CC1)N1CCN(c2cc(C(F)(F)F)on2)CC1c1cccc(F)c1F.O=C(C1CCS(=O)(=O)CC1)N1CCN(c2ccccn2)CC1c1cccc(F)c1.O=C(C1CCS(=O)(=O)CC1)N1CCN(c2ncc(F)cn2)CC1c1cccc(F)c1.O=C(C1CCS(=O)(=O)CC1)N1CCN(c2ncccn2)CC1c1cccc(F)c1. The van der Waals surface area contributed by atoms with Crippen LogP contribution in [0.25, 0.3) is 0 Å². The number of benzene rings is 4. The summed E-state index contributed by atoms with van der Waals surface area (Å²) in [5.41, 5.74) is 1.96. The van der Waals surface area contributed by atoms with Crippen LogP contribution in [0.5, 0.6) is 0 Å². The van der Waals surface area contributed by atoms with E-state index in [4.69, 9.17) is 0 Å². The van der Waals surface area contributed by atoms with Gasteiger partial charge in [0.15, 0.2) is 23.3 Å². The Morgan fingerprint density at radius 2 is 0.702 bits per heavy atom. The molecule has 0 aliphatic carbocycles. The number of anilines is 4. The number of alkyl halides is 3. The van der Waals surface area contributed by atoms with E-state index in [9.17, 15) is 92.4 Å². The fourth-order valence-electron chi connectivity index (χ4n) is 16.5. The molecule has 4 unspecified atom stereocenters. The molecule has 27 nitrogen and oxygen atoms in total. The van der Waals surface area contributed by atoms with Crippen LogP contribution in [0.1, 0.15) is 104 Å². The Kier molecular flexibility index (Phi) is 27.7. The van der Waals surface area contributed by atoms with Crippen LogP contribution in [0.2, 0.25) is 0 Å². The Balaban J connectivity index is 0.000000139. The van der Waals surface area contributed by atoms with E-state index in [1.807, 2.05) is 40.1 Å². The van der Waals surface area contributed by atoms with Crippen molar-refractivity contribution in [3.05, 3.63) is 215 Å². The smallest absolute Gasteiger partial charge is 0.352 e. The summed E-state index contributed by atoms with van der Waals surface area (Å²) in [5.74, 6) is -5.82. The molecule has 648 valence electrons. The Hall–Kier alpha value is -10.4. The van der Waals surface area contributed by atoms with E-state index in [1.54, 1.807) is 63.6 Å². The standard InChI is InChI=1S/C21H24FN3O3S.C20H20F5N3O4S.C20H22F2N4O3S.C20H23FN4O3S/c22-18-5-3-4-17(14-18)19-15-24(20-6-1-2-9-23-20)10-11-25(19)21(26)16-7-12-29(27,28)13-8-16;21-14-3-1-2-13(18(14)22)15-11-27(17-10-16(32-26-17)20(23,24)25)6-7-28(15)19(29)12-4-8-33(30,31)9-5-12;21-16-3-1-2-15(10-16)18-13-25(20-23-11-17(22)12-24-20)6-7-26(18)19(27)14-4-8-30(28,29)9-5-14;21-17-4-1-3-16(13-17)18-14-24(20-22-7-2-8-23-20)9-10-25(18)19(26)15-5-11-29(27,28)12-6-15/h1-6,9,14,16,19H,7-8,10-13,15H2;1-3,10,12,15H,4-9,11H2;1-3,10-12,14,18H,4-9,13H2;1-4,7-8,13,15,18H,5-6,9-12,14H2. The summed E-state index contributed by atoms with van der Waals surface area (Å²) in [7, 11) is -12.4. The molecule has 0 N–H and O–H groups in total. The highest BCUT2D eigenvalue weighted by molar-refractivity contribution is 7.92. The Bertz CT molecular complexity index is 5280. The summed E-state index contributed by atoms with van der Waals surface area (Å²) in [6.07, 6.45) is 4.75. The monoisotopic (exact) mass is 1760 g/mol. The molecule has 0 saturated carbocycles. The predicted molar refractivity (Wildman–Crippen MR) is 428 cm³/mol. The van der Waals surface area contributed by atoms with Gasteiger partial charge in [0.25, 0.3) is 0 Å². The van der Waals surface area contributed by atoms with Gasteiger partial charge in [0.2, 0.25) is 41.3 Å². The highest BCUT2D eigenvalue weighted by Crippen LogP contribution is 2.40. The molecule has 4 atom stereocenters. The first-order valence-corrected chi connectivity index (χ1v) is 46.9. The number of nitrogens with zero attached hydrogens (tertiary/aromatic N) is 14. The van der Waals surface area contributed by atoms with Gasteiger partial charge < -0.3 is 43.7 Å². The van der Waals surface area contributed by atoms with Crippen LogP contribution < -0.4 is 19.6 Å². The highest BCUT2D eigenvalue weighted by atomic mass is 32.2. The van der Waals surface area contributed by atoms with Gasteiger partial charge in [-0.1, -0.05) is 59.8 Å². The molecule has 0 bridgehead atoms. The van der Waals surface area contributed by atoms with Crippen LogP contribution in [0, 0.1) is 58.6 Å². The number of halogens is 9. The lowest BCUT2D eigenvalue weighted by molar-refractivity contribution is -0.155. The molecule has 4 aromatic heterocycles. The van der Waals surface area contributed by atoms with Gasteiger partial charge in [-0.25, -0.2) is 84.9 Å². The predicted octanol–water partition coefficient (Wildman–Crippen LogP) is 9.42. The minimum Gasteiger partial charge on any atom is -0.352 e. The van der Waals surface area contributed by atoms with Crippen molar-refractivity contribution in [1.29, 1.82) is 0 Å². The molecule has 0 spiro atoms. The minimum absolute atomic E-state index is 0.00306. The van der Waals surface area contributed by atoms with Crippen molar-refractivity contribution in [3.63, 3.8) is 0 Å². The quantitative estimate of drug-likeness (QED) is 0.103. The number of amides is 4. The number of carbonyl (C=O) groups excluding carboxylic acids is 4. The second-order valence-electron chi connectivity index (χ2n) is 31.0. The summed E-state index contributed by atoms with van der Waals surface area (Å²) in [5, 5.41) is 3.44. The van der Waals surface area contributed by atoms with Gasteiger partial charge in [0.05, 0.1) is 82.6 Å². The summed E-state index contributed by atoms with van der Waals surface area (Å²) in [4.78, 5) is 88.0. The van der Waals surface area contributed by atoms with Gasteiger partial charge in [-0.2, -0.15) is 13.2 Å². The van der Waals surface area contributed by atoms with Gasteiger partial charge in [-0.15, -0.1) is 0 Å². The second kappa shape index (κ2) is 38.0. The van der Waals surface area contributed by atoms with E-state index in [1.165, 1.54) is 58.3 Å². The van der Waals surface area contributed by atoms with Crippen LogP contribution in [0.3, 0.4) is 0 Å². The fourth-order valence-corrected chi connectivity index (χ4v) is 22.5. The second-order valence-corrected chi connectivity index (χ2v) is 40.2. The molecule has 4 aromatic carbocycles. The van der Waals surface area contributed by atoms with Crippen molar-refractivity contribution in [2.45, 2.75) is 81.7 Å². The number of pyridine rings is 1. The molecule has 8 aliphatic rings. The number of hydrogen-bond acceptors (Lipinski definition) is 23. The van der Waals surface area contributed by atoms with Gasteiger partial charge in [-0.3, -0.25) is 19.2 Å². The lowest BCUT2D eigenvalue weighted by Crippen LogP contribution is -2.53. The summed E-state index contributed by atoms with van der Waals surface area (Å²) >= 11 is 0. The van der Waals surface area contributed by atoms with E-state index in [2.05, 4.69) is 39.5 Å². The molecule has 16 rings (SSSR count). The first-order valence-electron chi connectivity index (χ1n) is 39.6. The van der Waals surface area contributed by atoms with Crippen molar-refractivity contribution in [2.24, 2.45) is 23.7 Å². The molecule has 12 heterocycles. The summed E-state index contributed by atoms with van der Waals surface area (Å²) in [6, 6.07) is 28.2. The molecule has 8 aliphatic heterocycles. The van der Waals surface area contributed by atoms with Crippen LogP contribution in [0.15, 0.2) is 157 Å². The first-order chi connectivity index (χ1) is 57.6. The summed E-state index contributed by atoms with van der Waals surface area (Å²) < 4.78 is 220. The van der Waals surface area contributed by atoms with E-state index < -0.39 is 98.5 Å². The zero-order valence-electron chi connectivity index (χ0n) is 65.5. The molecule has 8 aromatic rings. The van der Waals surface area contributed by atoms with E-state index in [0.717, 1.165) is 29.8 Å². The molecular formula is C81H89F9N14O13S4. The molecule has 8 fully saturated rings. The maximum absolute atomic E-state index is 14.7. The number of rotatable bonds is 12. The fraction of sp³-hybridized carbons (Fsp3) is 0.457. The summed E-state index contributed by atoms with van der Waals surface area (Å²) in [6.45, 7) is 4.12. The average Bonchev–Trinajstić information content (AvgIpc) is 1.68. The average molecular weight is 1770 g/mol. The third-order valence-electron chi connectivity index (χ3n) is 23.1. The van der Waals surface area contributed by atoms with Crippen molar-refractivity contribution in [1.82, 2.24) is 49.7 Å². The normalized spacial score (nSPS) is 22.2. The third-order valence-corrected chi connectivity index (χ3v) is 30.0. The van der Waals surface area contributed by atoms with E-state index >= 15 is 0 Å². The lowest BCUT2D eigenvalue weighted by Gasteiger charge is -2.43. The van der Waals surface area contributed by atoms with Gasteiger partial charge >= 0.3 is 6.18 Å². The van der Waals surface area contributed by atoms with E-state index in [-0.39, 0.29) is 149 Å². The van der Waals surface area contributed by atoms with Crippen LogP contribution in [0.4, 0.5) is 63.0 Å². The third kappa shape index (κ3) is 22.3. The van der Waals surface area contributed by atoms with Crippen molar-refractivity contribution >= 4 is 86.5 Å². The number of sulfone groups is 4. The van der Waals surface area contributed by atoms with Gasteiger partial charge in [-0.05, 0) is 129 Å². The molecule has 4 amide bonds. The lowest BCUT2D eigenvalue weighted by atomic mass is 9.96. The molecule has 40 heteroatoms. The van der Waals surface area contributed by atoms with Gasteiger partial charge in [0.1, 0.15) is 62.6 Å². The largest absolute Gasteiger partial charge is 0.452 e. The van der Waals surface area contributed by atoms with Crippen molar-refractivity contribution in [2.75, 3.05) is 144 Å². The Labute approximate surface area is 694 Å². The molecule has 8 saturated heterocycles. The van der Waals surface area contributed by atoms with Crippen molar-refractivity contribution < 1.29 is 96.9 Å². The number of carbonyl (C=O) groups is 4. The van der Waals surface area contributed by atoms with Crippen LogP contribution >= 0.6 is 0 Å². The number of aromatic nitrogens is 6. The van der Waals surface area contributed by atoms with Crippen molar-refractivity contribution in [3.8, 4) is 0 Å². The van der Waals surface area contributed by atoms with Gasteiger partial charge in [0, 0.05) is 132 Å².